The molecule has 3 aromatic heterocycles. The molecule has 1 aromatic carbocycles. The maximum atomic E-state index is 12.8. The van der Waals surface area contributed by atoms with Gasteiger partial charge in [0.15, 0.2) is 20.0 Å². The summed E-state index contributed by atoms with van der Waals surface area (Å²) in [4.78, 5) is 14.3. The van der Waals surface area contributed by atoms with Crippen LogP contribution >= 0.6 is 0 Å². The first-order valence-electron chi connectivity index (χ1n) is 14.1. The molecule has 4 aromatic rings. The molecule has 8 nitrogen and oxygen atoms in total. The van der Waals surface area contributed by atoms with E-state index in [-0.39, 0.29) is 5.04 Å². The Labute approximate surface area is 248 Å². The predicted octanol–water partition coefficient (Wildman–Crippen LogP) is 7.45. The average Bonchev–Trinajstić information content (AvgIpc) is 3.34. The van der Waals surface area contributed by atoms with Crippen molar-refractivity contribution in [3.05, 3.63) is 66.2 Å². The Balaban J connectivity index is 1.66. The highest BCUT2D eigenvalue weighted by Crippen LogP contribution is 2.37. The normalized spacial score (nSPS) is 14.0. The number of rotatable bonds is 9. The Bertz CT molecular complexity index is 1540. The second-order valence-corrected chi connectivity index (χ2v) is 19.5. The van der Waals surface area contributed by atoms with Crippen LogP contribution in [0.25, 0.3) is 28.1 Å². The molecule has 0 bridgehead atoms. The van der Waals surface area contributed by atoms with E-state index in [2.05, 4.69) is 55.3 Å². The van der Waals surface area contributed by atoms with Gasteiger partial charge in [0, 0.05) is 17.1 Å². The van der Waals surface area contributed by atoms with E-state index in [1.165, 1.54) is 0 Å². The maximum absolute atomic E-state index is 12.8. The number of hydrogen-bond donors (Lipinski definition) is 0. The molecule has 0 radical (unpaired) electrons. The highest BCUT2D eigenvalue weighted by molar-refractivity contribution is 7.91. The third-order valence-electron chi connectivity index (χ3n) is 7.38. The monoisotopic (exact) mass is 590 g/mol. The summed E-state index contributed by atoms with van der Waals surface area (Å²) in [5.41, 5.74) is 4.06. The van der Waals surface area contributed by atoms with Crippen molar-refractivity contribution in [3.63, 3.8) is 0 Å². The maximum Gasteiger partial charge on any atom is 0.192 e. The molecule has 0 fully saturated rings. The number of benzene rings is 1. The minimum absolute atomic E-state index is 0.130. The zero-order valence-electron chi connectivity index (χ0n) is 25.7. The van der Waals surface area contributed by atoms with Crippen molar-refractivity contribution in [2.75, 3.05) is 0 Å². The van der Waals surface area contributed by atoms with Crippen LogP contribution in [0.2, 0.25) is 18.1 Å². The smallest absolute Gasteiger partial charge is 0.192 e. The summed E-state index contributed by atoms with van der Waals surface area (Å²) < 4.78 is 25.1. The summed E-state index contributed by atoms with van der Waals surface area (Å²) in [5.74, 6) is 1.30. The van der Waals surface area contributed by atoms with E-state index in [9.17, 15) is 4.55 Å². The Morgan fingerprint density at radius 1 is 1.05 bits per heavy atom. The van der Waals surface area contributed by atoms with Gasteiger partial charge in [-0.1, -0.05) is 56.7 Å². The summed E-state index contributed by atoms with van der Waals surface area (Å²) in [7, 11) is -1.90. The first-order valence-corrected chi connectivity index (χ1v) is 18.1. The van der Waals surface area contributed by atoms with Crippen LogP contribution < -0.4 is 0 Å². The molecular weight excluding hydrogens is 549 g/mol. The van der Waals surface area contributed by atoms with Gasteiger partial charge in [0.1, 0.15) is 21.8 Å². The number of nitrogens with zero attached hydrogens (tertiary/aromatic N) is 6. The molecule has 0 aliphatic rings. The molecule has 0 amide bonds. The van der Waals surface area contributed by atoms with Crippen LogP contribution in [0, 0.1) is 0 Å². The third kappa shape index (κ3) is 7.30. The summed E-state index contributed by atoms with van der Waals surface area (Å²) >= 11 is -1.37. The molecule has 0 saturated carbocycles. The van der Waals surface area contributed by atoms with Gasteiger partial charge < -0.3 is 8.98 Å². The Kier molecular flexibility index (Phi) is 9.18. The second-order valence-electron chi connectivity index (χ2n) is 12.8. The number of hydrogen-bond acceptors (Lipinski definition) is 7. The van der Waals surface area contributed by atoms with Gasteiger partial charge in [0.25, 0.3) is 0 Å². The lowest BCUT2D eigenvalue weighted by atomic mass is 10.1. The molecule has 218 valence electrons. The van der Waals surface area contributed by atoms with Gasteiger partial charge in [-0.3, -0.25) is 0 Å². The predicted molar refractivity (Wildman–Crippen MR) is 171 cm³/mol. The minimum Gasteiger partial charge on any atom is -0.591 e. The molecule has 0 aliphatic heterocycles. The molecule has 1 atom stereocenters. The lowest BCUT2D eigenvalue weighted by Crippen LogP contribution is -2.40. The lowest BCUT2D eigenvalue weighted by Gasteiger charge is -2.36. The molecule has 0 aliphatic carbocycles. The number of pyridine rings is 1. The van der Waals surface area contributed by atoms with Crippen LogP contribution in [0.4, 0.5) is 0 Å². The van der Waals surface area contributed by atoms with Gasteiger partial charge in [-0.15, -0.1) is 0 Å². The van der Waals surface area contributed by atoms with E-state index in [0.717, 1.165) is 40.1 Å². The number of fused-ring (bicyclic) bond motifs is 1. The molecule has 1 unspecified atom stereocenters. The third-order valence-corrected chi connectivity index (χ3v) is 13.3. The molecule has 0 N–H and O–H groups in total. The van der Waals surface area contributed by atoms with Crippen molar-refractivity contribution in [2.45, 2.75) is 90.8 Å². The van der Waals surface area contributed by atoms with Crippen LogP contribution in [0.5, 0.6) is 0 Å². The fourth-order valence-electron chi connectivity index (χ4n) is 3.83. The van der Waals surface area contributed by atoms with E-state index < -0.39 is 24.4 Å². The average molecular weight is 591 g/mol. The van der Waals surface area contributed by atoms with Crippen LogP contribution in [0.15, 0.2) is 59.3 Å². The van der Waals surface area contributed by atoms with Crippen LogP contribution in [0.1, 0.15) is 72.7 Å². The highest BCUT2D eigenvalue weighted by atomic mass is 32.2. The summed E-state index contributed by atoms with van der Waals surface area (Å²) in [5, 5.41) is 5.76. The Hall–Kier alpha value is -2.92. The fraction of sp³-hybridized carbons (Fsp3) is 0.452. The van der Waals surface area contributed by atoms with Crippen LogP contribution in [0.3, 0.4) is 0 Å². The van der Waals surface area contributed by atoms with Crippen molar-refractivity contribution < 1.29 is 8.98 Å². The quantitative estimate of drug-likeness (QED) is 0.114. The van der Waals surface area contributed by atoms with Gasteiger partial charge in [0.05, 0.1) is 29.7 Å². The lowest BCUT2D eigenvalue weighted by molar-refractivity contribution is 0.272. The van der Waals surface area contributed by atoms with Crippen LogP contribution in [-0.2, 0) is 22.4 Å². The Morgan fingerprint density at radius 3 is 2.49 bits per heavy atom. The van der Waals surface area contributed by atoms with Crippen molar-refractivity contribution >= 4 is 36.3 Å². The van der Waals surface area contributed by atoms with E-state index in [4.69, 9.17) is 14.4 Å². The molecule has 0 spiro atoms. The van der Waals surface area contributed by atoms with E-state index in [1.807, 2.05) is 74.1 Å². The Morgan fingerprint density at radius 2 is 1.80 bits per heavy atom. The molecular formula is C31H42N6O2SSi. The van der Waals surface area contributed by atoms with Gasteiger partial charge in [0.2, 0.25) is 0 Å². The summed E-state index contributed by atoms with van der Waals surface area (Å²) in [6.45, 7) is 19.5. The molecule has 10 heteroatoms. The van der Waals surface area contributed by atoms with E-state index >= 15 is 0 Å². The molecule has 3 heterocycles. The van der Waals surface area contributed by atoms with Crippen molar-refractivity contribution in [1.29, 1.82) is 0 Å². The standard InChI is InChI=1S/C31H42N6O2SSi/c1-10-12-26(36-40(38)30(2,3)4)25-17-18-32-29(35-25)22-15-16-23-20-33-37(27(23)19-22)28-14-11-13-24(34-28)21-39-41(8,9)31(5,6)7/h11,13-20H,10,12,21H2,1-9H3. The molecule has 0 saturated heterocycles. The number of aromatic nitrogens is 5. The fourth-order valence-corrected chi connectivity index (χ4v) is 5.43. The summed E-state index contributed by atoms with van der Waals surface area (Å²) in [6, 6.07) is 13.8. The SMILES string of the molecule is CCCC(=N[S+]([O-])C(C)(C)C)c1ccnc(-c2ccc3cnn(-c4cccc(CO[Si](C)(C)C(C)(C)C)n4)c3c2)n1. The van der Waals surface area contributed by atoms with Crippen molar-refractivity contribution in [2.24, 2.45) is 4.40 Å². The van der Waals surface area contributed by atoms with Gasteiger partial charge >= 0.3 is 0 Å². The zero-order valence-corrected chi connectivity index (χ0v) is 27.5. The topological polar surface area (TPSA) is 101 Å². The van der Waals surface area contributed by atoms with Gasteiger partial charge in [-0.05, 0) is 69.6 Å². The van der Waals surface area contributed by atoms with E-state index in [1.54, 1.807) is 6.20 Å². The largest absolute Gasteiger partial charge is 0.591 e. The van der Waals surface area contributed by atoms with Gasteiger partial charge in [-0.2, -0.15) is 5.10 Å². The van der Waals surface area contributed by atoms with Crippen LogP contribution in [-0.4, -0.2) is 48.1 Å². The zero-order chi connectivity index (χ0) is 30.0. The first kappa shape index (κ1) is 31.0. The molecule has 41 heavy (non-hydrogen) atoms. The van der Waals surface area contributed by atoms with Crippen molar-refractivity contribution in [1.82, 2.24) is 24.7 Å². The molecule has 4 rings (SSSR count). The minimum atomic E-state index is -1.90. The second kappa shape index (κ2) is 12.1. The highest BCUT2D eigenvalue weighted by Gasteiger charge is 2.37. The van der Waals surface area contributed by atoms with E-state index in [0.29, 0.717) is 24.5 Å². The summed E-state index contributed by atoms with van der Waals surface area (Å²) in [6.07, 6.45) is 5.13. The van der Waals surface area contributed by atoms with Crippen molar-refractivity contribution in [3.8, 4) is 17.2 Å². The van der Waals surface area contributed by atoms with Gasteiger partial charge in [-0.25, -0.2) is 19.6 Å². The first-order chi connectivity index (χ1) is 19.2.